The zero-order valence-corrected chi connectivity index (χ0v) is 18.3. The van der Waals surface area contributed by atoms with Gasteiger partial charge in [0.2, 0.25) is 11.8 Å². The Labute approximate surface area is 185 Å². The van der Waals surface area contributed by atoms with Crippen molar-refractivity contribution in [3.63, 3.8) is 0 Å². The van der Waals surface area contributed by atoms with Gasteiger partial charge in [0.1, 0.15) is 6.04 Å². The predicted octanol–water partition coefficient (Wildman–Crippen LogP) is 3.34. The van der Waals surface area contributed by atoms with Crippen molar-refractivity contribution in [1.29, 1.82) is 0 Å². The number of nitrogens with one attached hydrogen (secondary N) is 2. The highest BCUT2D eigenvalue weighted by molar-refractivity contribution is 5.98. The van der Waals surface area contributed by atoms with Crippen LogP contribution < -0.4 is 10.6 Å². The fraction of sp³-hybridized carbons (Fsp3) is 0.348. The minimum absolute atomic E-state index is 0.0485. The topological polar surface area (TPSA) is 122 Å². The summed E-state index contributed by atoms with van der Waals surface area (Å²) in [7, 11) is 0. The highest BCUT2D eigenvalue weighted by Gasteiger charge is 2.35. The third-order valence-electron chi connectivity index (χ3n) is 5.52. The first-order valence-corrected chi connectivity index (χ1v) is 10.4. The minimum atomic E-state index is -0.612. The number of hydrogen-bond acceptors (Lipinski definition) is 5. The first-order valence-electron chi connectivity index (χ1n) is 10.4. The number of nitro groups is 1. The maximum absolute atomic E-state index is 13.0. The number of carbonyl (C=O) groups is 3. The van der Waals surface area contributed by atoms with Gasteiger partial charge in [-0.25, -0.2) is 0 Å². The molecule has 9 nitrogen and oxygen atoms in total. The summed E-state index contributed by atoms with van der Waals surface area (Å²) < 4.78 is 0. The number of anilines is 1. The molecule has 0 saturated carbocycles. The summed E-state index contributed by atoms with van der Waals surface area (Å²) in [6.07, 6.45) is 1.24. The van der Waals surface area contributed by atoms with Crippen molar-refractivity contribution in [2.45, 2.75) is 45.7 Å². The SMILES string of the molecule is CC(=O)Nc1cccc(C(C)NC(=O)C2CCCN2C(=O)c2ccc([N+](=O)[O-])c(C)c2)c1. The molecular weight excluding hydrogens is 412 g/mol. The normalized spacial score (nSPS) is 16.3. The lowest BCUT2D eigenvalue weighted by atomic mass is 10.1. The standard InChI is InChI=1S/C23H26N4O5/c1-14-12-18(9-10-20(14)27(31)32)23(30)26-11-5-8-21(26)22(29)24-15(2)17-6-4-7-19(13-17)25-16(3)28/h4,6-7,9-10,12-13,15,21H,5,8,11H2,1-3H3,(H,24,29)(H,25,28). The monoisotopic (exact) mass is 438 g/mol. The Morgan fingerprint density at radius 2 is 1.94 bits per heavy atom. The molecule has 1 heterocycles. The van der Waals surface area contributed by atoms with E-state index >= 15 is 0 Å². The Morgan fingerprint density at radius 3 is 2.59 bits per heavy atom. The van der Waals surface area contributed by atoms with Crippen LogP contribution in [-0.4, -0.2) is 40.1 Å². The maximum Gasteiger partial charge on any atom is 0.272 e. The molecule has 2 aromatic rings. The largest absolute Gasteiger partial charge is 0.348 e. The van der Waals surface area contributed by atoms with E-state index in [1.54, 1.807) is 25.1 Å². The summed E-state index contributed by atoms with van der Waals surface area (Å²) in [6.45, 7) is 5.29. The molecule has 1 fully saturated rings. The van der Waals surface area contributed by atoms with Crippen molar-refractivity contribution >= 4 is 29.1 Å². The van der Waals surface area contributed by atoms with Crippen LogP contribution in [0.3, 0.4) is 0 Å². The molecule has 2 unspecified atom stereocenters. The quantitative estimate of drug-likeness (QED) is 0.529. The number of aryl methyl sites for hydroxylation is 1. The van der Waals surface area contributed by atoms with E-state index in [-0.39, 0.29) is 29.5 Å². The average Bonchev–Trinajstić information content (AvgIpc) is 3.22. The van der Waals surface area contributed by atoms with Gasteiger partial charge in [-0.15, -0.1) is 0 Å². The Hall–Kier alpha value is -3.75. The third kappa shape index (κ3) is 5.11. The second-order valence-electron chi connectivity index (χ2n) is 7.95. The van der Waals surface area contributed by atoms with Crippen molar-refractivity contribution in [2.75, 3.05) is 11.9 Å². The van der Waals surface area contributed by atoms with Crippen LogP contribution in [0.5, 0.6) is 0 Å². The van der Waals surface area contributed by atoms with Gasteiger partial charge in [0.25, 0.3) is 11.6 Å². The van der Waals surface area contributed by atoms with E-state index in [1.807, 2.05) is 13.0 Å². The number of nitro benzene ring substituents is 1. The van der Waals surface area contributed by atoms with Crippen molar-refractivity contribution in [1.82, 2.24) is 10.2 Å². The molecule has 2 N–H and O–H groups in total. The predicted molar refractivity (Wildman–Crippen MR) is 119 cm³/mol. The fourth-order valence-corrected chi connectivity index (χ4v) is 3.92. The van der Waals surface area contributed by atoms with E-state index in [4.69, 9.17) is 0 Å². The number of hydrogen-bond donors (Lipinski definition) is 2. The molecule has 0 radical (unpaired) electrons. The molecule has 0 aromatic heterocycles. The van der Waals surface area contributed by atoms with E-state index in [0.717, 1.165) is 5.56 Å². The molecule has 168 valence electrons. The van der Waals surface area contributed by atoms with Crippen LogP contribution in [0.4, 0.5) is 11.4 Å². The molecule has 9 heteroatoms. The zero-order valence-electron chi connectivity index (χ0n) is 18.3. The van der Waals surface area contributed by atoms with Gasteiger partial charge in [0.15, 0.2) is 0 Å². The van der Waals surface area contributed by atoms with Gasteiger partial charge < -0.3 is 15.5 Å². The molecule has 1 saturated heterocycles. The molecule has 32 heavy (non-hydrogen) atoms. The number of carbonyl (C=O) groups excluding carboxylic acids is 3. The lowest BCUT2D eigenvalue weighted by Gasteiger charge is -2.26. The Balaban J connectivity index is 1.71. The smallest absolute Gasteiger partial charge is 0.272 e. The van der Waals surface area contributed by atoms with Crippen molar-refractivity contribution < 1.29 is 19.3 Å². The van der Waals surface area contributed by atoms with E-state index in [2.05, 4.69) is 10.6 Å². The average molecular weight is 438 g/mol. The van der Waals surface area contributed by atoms with Crippen LogP contribution in [0, 0.1) is 17.0 Å². The molecule has 3 rings (SSSR count). The summed E-state index contributed by atoms with van der Waals surface area (Å²) in [5, 5.41) is 16.7. The summed E-state index contributed by atoms with van der Waals surface area (Å²) >= 11 is 0. The molecule has 1 aliphatic rings. The molecule has 0 aliphatic carbocycles. The van der Waals surface area contributed by atoms with E-state index in [9.17, 15) is 24.5 Å². The van der Waals surface area contributed by atoms with Gasteiger partial charge in [-0.05, 0) is 56.5 Å². The van der Waals surface area contributed by atoms with Crippen molar-refractivity contribution in [2.24, 2.45) is 0 Å². The van der Waals surface area contributed by atoms with Crippen molar-refractivity contribution in [3.8, 4) is 0 Å². The number of rotatable bonds is 6. The van der Waals surface area contributed by atoms with Gasteiger partial charge in [-0.1, -0.05) is 12.1 Å². The van der Waals surface area contributed by atoms with E-state index in [0.29, 0.717) is 36.2 Å². The Morgan fingerprint density at radius 1 is 1.19 bits per heavy atom. The second-order valence-corrected chi connectivity index (χ2v) is 7.95. The number of likely N-dealkylation sites (tertiary alicyclic amines) is 1. The summed E-state index contributed by atoms with van der Waals surface area (Å²) in [5.41, 5.74) is 2.14. The third-order valence-corrected chi connectivity index (χ3v) is 5.52. The van der Waals surface area contributed by atoms with Gasteiger partial charge in [0, 0.05) is 36.3 Å². The minimum Gasteiger partial charge on any atom is -0.348 e. The lowest BCUT2D eigenvalue weighted by Crippen LogP contribution is -2.46. The first-order chi connectivity index (χ1) is 15.2. The van der Waals surface area contributed by atoms with Crippen molar-refractivity contribution in [3.05, 3.63) is 69.3 Å². The van der Waals surface area contributed by atoms with Gasteiger partial charge in [-0.2, -0.15) is 0 Å². The van der Waals surface area contributed by atoms with Crippen LogP contribution in [0.25, 0.3) is 0 Å². The number of benzene rings is 2. The van der Waals surface area contributed by atoms with Crippen LogP contribution in [0.2, 0.25) is 0 Å². The molecule has 0 bridgehead atoms. The summed E-state index contributed by atoms with van der Waals surface area (Å²) in [4.78, 5) is 49.4. The molecule has 3 amide bonds. The Kier molecular flexibility index (Phi) is 6.87. The highest BCUT2D eigenvalue weighted by atomic mass is 16.6. The van der Waals surface area contributed by atoms with Crippen LogP contribution in [-0.2, 0) is 9.59 Å². The van der Waals surface area contributed by atoms with Crippen LogP contribution in [0.1, 0.15) is 54.2 Å². The number of nitrogens with zero attached hydrogens (tertiary/aromatic N) is 2. The maximum atomic E-state index is 13.0. The molecular formula is C23H26N4O5. The van der Waals surface area contributed by atoms with Gasteiger partial charge in [-0.3, -0.25) is 24.5 Å². The van der Waals surface area contributed by atoms with Gasteiger partial charge in [0.05, 0.1) is 11.0 Å². The molecule has 2 aromatic carbocycles. The summed E-state index contributed by atoms with van der Waals surface area (Å²) in [6, 6.07) is 10.5. The first kappa shape index (κ1) is 22.9. The summed E-state index contributed by atoms with van der Waals surface area (Å²) in [5.74, 6) is -0.756. The van der Waals surface area contributed by atoms with Gasteiger partial charge >= 0.3 is 0 Å². The molecule has 2 atom stereocenters. The lowest BCUT2D eigenvalue weighted by molar-refractivity contribution is -0.385. The van der Waals surface area contributed by atoms with E-state index < -0.39 is 11.0 Å². The second kappa shape index (κ2) is 9.59. The zero-order chi connectivity index (χ0) is 23.4. The molecule has 0 spiro atoms. The Bertz CT molecular complexity index is 1070. The van der Waals surface area contributed by atoms with Crippen LogP contribution in [0.15, 0.2) is 42.5 Å². The number of amides is 3. The molecule has 1 aliphatic heterocycles. The van der Waals surface area contributed by atoms with Crippen LogP contribution >= 0.6 is 0 Å². The fourth-order valence-electron chi connectivity index (χ4n) is 3.92. The highest BCUT2D eigenvalue weighted by Crippen LogP contribution is 2.25. The van der Waals surface area contributed by atoms with E-state index in [1.165, 1.54) is 30.0 Å².